The Kier molecular flexibility index (Phi) is 6.04. The number of nitrogens with zero attached hydrogens (tertiary/aromatic N) is 3. The summed E-state index contributed by atoms with van der Waals surface area (Å²) < 4.78 is 15.5. The quantitative estimate of drug-likeness (QED) is 0.766. The number of carbonyl (C=O) groups is 1. The van der Waals surface area contributed by atoms with Gasteiger partial charge in [0.25, 0.3) is 0 Å². The predicted molar refractivity (Wildman–Crippen MR) is 94.8 cm³/mol. The van der Waals surface area contributed by atoms with Gasteiger partial charge in [0.15, 0.2) is 5.16 Å². The number of aromatic nitrogens is 3. The highest BCUT2D eigenvalue weighted by Crippen LogP contribution is 2.24. The van der Waals surface area contributed by atoms with Crippen molar-refractivity contribution in [2.45, 2.75) is 30.5 Å². The average Bonchev–Trinajstić information content (AvgIpc) is 3.00. The molecule has 1 fully saturated rings. The van der Waals surface area contributed by atoms with Crippen molar-refractivity contribution in [3.05, 3.63) is 41.5 Å². The first-order valence-electron chi connectivity index (χ1n) is 8.38. The van der Waals surface area contributed by atoms with Gasteiger partial charge in [0, 0.05) is 31.6 Å². The number of thioether (sulfide) groups is 1. The van der Waals surface area contributed by atoms with Crippen LogP contribution in [0.2, 0.25) is 0 Å². The summed E-state index contributed by atoms with van der Waals surface area (Å²) >= 11 is 1.34. The Morgan fingerprint density at radius 2 is 2.28 bits per heavy atom. The van der Waals surface area contributed by atoms with Gasteiger partial charge in [-0.25, -0.2) is 4.39 Å². The summed E-state index contributed by atoms with van der Waals surface area (Å²) in [5, 5.41) is 15.3. The summed E-state index contributed by atoms with van der Waals surface area (Å²) in [5.74, 6) is 1.09. The number of amides is 1. The molecule has 1 aliphatic rings. The lowest BCUT2D eigenvalue weighted by Crippen LogP contribution is -2.29. The number of carbonyl (C=O) groups excluding carboxylic acids is 1. The molecular weight excluding hydrogens is 341 g/mol. The van der Waals surface area contributed by atoms with E-state index >= 15 is 0 Å². The van der Waals surface area contributed by atoms with Crippen LogP contribution in [-0.4, -0.2) is 39.5 Å². The molecule has 1 amide bonds. The Morgan fingerprint density at radius 3 is 3.04 bits per heavy atom. The molecule has 2 aromatic rings. The van der Waals surface area contributed by atoms with Gasteiger partial charge < -0.3 is 15.2 Å². The third-order valence-corrected chi connectivity index (χ3v) is 5.32. The molecule has 0 radical (unpaired) electrons. The lowest BCUT2D eigenvalue weighted by molar-refractivity contribution is -0.118. The maximum absolute atomic E-state index is 13.5. The third kappa shape index (κ3) is 4.58. The van der Waals surface area contributed by atoms with Crippen molar-refractivity contribution in [3.63, 3.8) is 0 Å². The third-order valence-electron chi connectivity index (χ3n) is 4.30. The first-order chi connectivity index (χ1) is 12.1. The van der Waals surface area contributed by atoms with Crippen molar-refractivity contribution in [3.8, 4) is 0 Å². The second kappa shape index (κ2) is 8.44. The second-order valence-corrected chi connectivity index (χ2v) is 7.04. The van der Waals surface area contributed by atoms with Crippen LogP contribution >= 0.6 is 11.8 Å². The molecule has 0 spiro atoms. The van der Waals surface area contributed by atoms with Crippen molar-refractivity contribution in [2.75, 3.05) is 18.8 Å². The Morgan fingerprint density at radius 1 is 1.44 bits per heavy atom. The number of rotatable bonds is 6. The van der Waals surface area contributed by atoms with Crippen LogP contribution in [0, 0.1) is 5.82 Å². The van der Waals surface area contributed by atoms with Crippen LogP contribution in [0.25, 0.3) is 0 Å². The number of halogens is 1. The van der Waals surface area contributed by atoms with E-state index < -0.39 is 0 Å². The molecule has 1 aromatic carbocycles. The summed E-state index contributed by atoms with van der Waals surface area (Å²) in [6, 6.07) is 6.43. The van der Waals surface area contributed by atoms with Gasteiger partial charge in [-0.15, -0.1) is 10.2 Å². The number of hydrogen-bond acceptors (Lipinski definition) is 5. The Labute approximate surface area is 150 Å². The van der Waals surface area contributed by atoms with Crippen LogP contribution in [0.1, 0.15) is 30.1 Å². The van der Waals surface area contributed by atoms with Crippen molar-refractivity contribution < 1.29 is 9.18 Å². The highest BCUT2D eigenvalue weighted by molar-refractivity contribution is 7.99. The van der Waals surface area contributed by atoms with Crippen LogP contribution in [-0.2, 0) is 18.4 Å². The zero-order valence-corrected chi connectivity index (χ0v) is 15.0. The first-order valence-corrected chi connectivity index (χ1v) is 9.36. The average molecular weight is 363 g/mol. The van der Waals surface area contributed by atoms with E-state index in [0.29, 0.717) is 11.5 Å². The monoisotopic (exact) mass is 363 g/mol. The minimum Gasteiger partial charge on any atom is -0.351 e. The van der Waals surface area contributed by atoms with Crippen molar-refractivity contribution in [1.29, 1.82) is 0 Å². The van der Waals surface area contributed by atoms with Crippen LogP contribution in [0.5, 0.6) is 0 Å². The minimum absolute atomic E-state index is 0.155. The zero-order chi connectivity index (χ0) is 17.6. The maximum atomic E-state index is 13.5. The van der Waals surface area contributed by atoms with Crippen LogP contribution in [0.3, 0.4) is 0 Å². The molecule has 0 bridgehead atoms. The molecule has 0 unspecified atom stereocenters. The molecule has 1 aromatic heterocycles. The fourth-order valence-electron chi connectivity index (χ4n) is 2.90. The number of benzene rings is 1. The van der Waals surface area contributed by atoms with Gasteiger partial charge in [-0.05, 0) is 25.5 Å². The SMILES string of the molecule is Cn1c(SCC(=O)NCc2ccccc2F)nnc1[C@H]1CCCNC1. The Balaban J connectivity index is 1.50. The summed E-state index contributed by atoms with van der Waals surface area (Å²) in [6.45, 7) is 2.15. The molecule has 134 valence electrons. The summed E-state index contributed by atoms with van der Waals surface area (Å²) in [6.07, 6.45) is 2.24. The fourth-order valence-corrected chi connectivity index (χ4v) is 3.64. The minimum atomic E-state index is -0.311. The van der Waals surface area contributed by atoms with E-state index in [4.69, 9.17) is 0 Å². The highest BCUT2D eigenvalue weighted by atomic mass is 32.2. The van der Waals surface area contributed by atoms with E-state index in [1.807, 2.05) is 11.6 Å². The molecule has 8 heteroatoms. The fraction of sp³-hybridized carbons (Fsp3) is 0.471. The zero-order valence-electron chi connectivity index (χ0n) is 14.2. The number of hydrogen-bond donors (Lipinski definition) is 2. The molecule has 2 N–H and O–H groups in total. The van der Waals surface area contributed by atoms with Gasteiger partial charge >= 0.3 is 0 Å². The van der Waals surface area contributed by atoms with Gasteiger partial charge in [0.1, 0.15) is 11.6 Å². The van der Waals surface area contributed by atoms with Gasteiger partial charge in [-0.3, -0.25) is 4.79 Å². The molecule has 6 nitrogen and oxygen atoms in total. The van der Waals surface area contributed by atoms with E-state index in [2.05, 4.69) is 20.8 Å². The van der Waals surface area contributed by atoms with Crippen molar-refractivity contribution in [1.82, 2.24) is 25.4 Å². The second-order valence-electron chi connectivity index (χ2n) is 6.10. The summed E-state index contributed by atoms with van der Waals surface area (Å²) in [7, 11) is 1.93. The normalized spacial score (nSPS) is 17.4. The van der Waals surface area contributed by atoms with E-state index in [1.54, 1.807) is 18.2 Å². The van der Waals surface area contributed by atoms with Gasteiger partial charge in [-0.1, -0.05) is 30.0 Å². The molecule has 2 heterocycles. The maximum Gasteiger partial charge on any atom is 0.230 e. The molecule has 0 saturated carbocycles. The van der Waals surface area contributed by atoms with E-state index in [9.17, 15) is 9.18 Å². The molecule has 1 aliphatic heterocycles. The van der Waals surface area contributed by atoms with E-state index in [-0.39, 0.29) is 24.0 Å². The topological polar surface area (TPSA) is 71.8 Å². The molecule has 3 rings (SSSR count). The van der Waals surface area contributed by atoms with Crippen LogP contribution in [0.15, 0.2) is 29.4 Å². The summed E-state index contributed by atoms with van der Waals surface area (Å²) in [4.78, 5) is 12.0. The predicted octanol–water partition coefficient (Wildman–Crippen LogP) is 1.83. The van der Waals surface area contributed by atoms with Crippen molar-refractivity contribution >= 4 is 17.7 Å². The summed E-state index contributed by atoms with van der Waals surface area (Å²) in [5.41, 5.74) is 0.478. The first kappa shape index (κ1) is 17.9. The lowest BCUT2D eigenvalue weighted by atomic mass is 9.99. The van der Waals surface area contributed by atoms with Gasteiger partial charge in [0.05, 0.1) is 5.75 Å². The van der Waals surface area contributed by atoms with Crippen molar-refractivity contribution in [2.24, 2.45) is 7.05 Å². The van der Waals surface area contributed by atoms with Crippen LogP contribution in [0.4, 0.5) is 4.39 Å². The molecule has 0 aliphatic carbocycles. The van der Waals surface area contributed by atoms with Gasteiger partial charge in [-0.2, -0.15) is 0 Å². The smallest absolute Gasteiger partial charge is 0.230 e. The Hall–Kier alpha value is -1.93. The van der Waals surface area contributed by atoms with Crippen LogP contribution < -0.4 is 10.6 Å². The largest absolute Gasteiger partial charge is 0.351 e. The lowest BCUT2D eigenvalue weighted by Gasteiger charge is -2.21. The highest BCUT2D eigenvalue weighted by Gasteiger charge is 2.22. The standard InChI is InChI=1S/C17H22FN5OS/c1-23-16(13-6-4-8-19-9-13)21-22-17(23)25-11-15(24)20-10-12-5-2-3-7-14(12)18/h2-3,5,7,13,19H,4,6,8-11H2,1H3,(H,20,24)/t13-/m0/s1. The molecular formula is C17H22FN5OS. The van der Waals surface area contributed by atoms with E-state index in [0.717, 1.165) is 36.9 Å². The Bertz CT molecular complexity index is 730. The van der Waals surface area contributed by atoms with E-state index in [1.165, 1.54) is 17.8 Å². The van der Waals surface area contributed by atoms with Gasteiger partial charge in [0.2, 0.25) is 5.91 Å². The molecule has 1 saturated heterocycles. The number of nitrogens with one attached hydrogen (secondary N) is 2. The molecule has 1 atom stereocenters. The molecule has 25 heavy (non-hydrogen) atoms. The number of piperidine rings is 1.